The lowest BCUT2D eigenvalue weighted by Crippen LogP contribution is -2.20. The van der Waals surface area contributed by atoms with E-state index in [0.29, 0.717) is 11.7 Å². The molecule has 1 heterocycles. The first kappa shape index (κ1) is 16.7. The Balaban J connectivity index is 0.000000191. The van der Waals surface area contributed by atoms with E-state index in [9.17, 15) is 4.79 Å². The molecule has 0 unspecified atom stereocenters. The summed E-state index contributed by atoms with van der Waals surface area (Å²) in [5.41, 5.74) is 0. The van der Waals surface area contributed by atoms with Crippen LogP contribution in [0.1, 0.15) is 78.1 Å². The van der Waals surface area contributed by atoms with Crippen LogP contribution >= 0.6 is 0 Å². The van der Waals surface area contributed by atoms with Gasteiger partial charge in [0.15, 0.2) is 0 Å². The van der Waals surface area contributed by atoms with Crippen molar-refractivity contribution in [1.82, 2.24) is 4.90 Å². The Bertz CT molecular complexity index is 227. The van der Waals surface area contributed by atoms with Gasteiger partial charge >= 0.3 is 0 Å². The minimum atomic E-state index is 0.398. The van der Waals surface area contributed by atoms with Gasteiger partial charge in [-0.05, 0) is 58.7 Å². The summed E-state index contributed by atoms with van der Waals surface area (Å²) >= 11 is 0. The third-order valence-corrected chi connectivity index (χ3v) is 4.46. The fraction of sp³-hybridized carbons (Fsp3) is 0.941. The van der Waals surface area contributed by atoms with Crippen molar-refractivity contribution in [3.8, 4) is 0 Å². The predicted octanol–water partition coefficient (Wildman–Crippen LogP) is 4.43. The van der Waals surface area contributed by atoms with Crippen LogP contribution in [0.15, 0.2) is 0 Å². The van der Waals surface area contributed by atoms with Gasteiger partial charge < -0.3 is 4.90 Å². The smallest absolute Gasteiger partial charge is 0.132 e. The molecule has 1 aliphatic heterocycles. The van der Waals surface area contributed by atoms with Gasteiger partial charge in [-0.3, -0.25) is 4.79 Å². The van der Waals surface area contributed by atoms with E-state index in [1.165, 1.54) is 71.0 Å². The number of rotatable bonds is 5. The topological polar surface area (TPSA) is 20.3 Å². The summed E-state index contributed by atoms with van der Waals surface area (Å²) in [6, 6.07) is 0. The molecule has 19 heavy (non-hydrogen) atoms. The molecule has 2 rings (SSSR count). The zero-order valence-electron chi connectivity index (χ0n) is 13.1. The van der Waals surface area contributed by atoms with Gasteiger partial charge in [-0.25, -0.2) is 0 Å². The van der Waals surface area contributed by atoms with Gasteiger partial charge in [-0.15, -0.1) is 0 Å². The van der Waals surface area contributed by atoms with Gasteiger partial charge in [0.25, 0.3) is 0 Å². The van der Waals surface area contributed by atoms with E-state index in [4.69, 9.17) is 0 Å². The summed E-state index contributed by atoms with van der Waals surface area (Å²) in [5, 5.41) is 0. The van der Waals surface area contributed by atoms with Crippen LogP contribution in [0.3, 0.4) is 0 Å². The fourth-order valence-corrected chi connectivity index (χ4v) is 3.10. The molecule has 112 valence electrons. The standard InChI is InChI=1S/C9H19N.C8H14O/c1-2-3-4-7-10-8-5-6-9-10;1-7(9)8-5-3-2-4-6-8/h2-9H2,1H3;8H,2-6H2,1H3. The monoisotopic (exact) mass is 267 g/mol. The number of ketones is 1. The van der Waals surface area contributed by atoms with Crippen molar-refractivity contribution >= 4 is 5.78 Å². The summed E-state index contributed by atoms with van der Waals surface area (Å²) in [6.07, 6.45) is 13.2. The number of carbonyl (C=O) groups is 1. The normalized spacial score (nSPS) is 20.9. The average molecular weight is 267 g/mol. The van der Waals surface area contributed by atoms with E-state index in [1.807, 2.05) is 0 Å². The summed E-state index contributed by atoms with van der Waals surface area (Å²) in [4.78, 5) is 13.4. The number of nitrogens with zero attached hydrogens (tertiary/aromatic N) is 1. The highest BCUT2D eigenvalue weighted by molar-refractivity contribution is 5.78. The highest BCUT2D eigenvalue weighted by atomic mass is 16.1. The van der Waals surface area contributed by atoms with Crippen molar-refractivity contribution < 1.29 is 4.79 Å². The Hall–Kier alpha value is -0.370. The number of Topliss-reactive ketones (excluding diaryl/α,β-unsaturated/α-hetero) is 1. The van der Waals surface area contributed by atoms with Gasteiger partial charge in [-0.1, -0.05) is 39.0 Å². The van der Waals surface area contributed by atoms with Gasteiger partial charge in [0.05, 0.1) is 0 Å². The Kier molecular flexibility index (Phi) is 9.15. The first-order valence-corrected chi connectivity index (χ1v) is 8.47. The maximum atomic E-state index is 10.8. The molecule has 2 nitrogen and oxygen atoms in total. The summed E-state index contributed by atoms with van der Waals surface area (Å²) in [6.45, 7) is 8.07. The predicted molar refractivity (Wildman–Crippen MR) is 82.5 cm³/mol. The molecule has 0 atom stereocenters. The van der Waals surface area contributed by atoms with Crippen molar-refractivity contribution in [3.63, 3.8) is 0 Å². The molecular weight excluding hydrogens is 234 g/mol. The largest absolute Gasteiger partial charge is 0.303 e. The number of likely N-dealkylation sites (tertiary alicyclic amines) is 1. The zero-order chi connectivity index (χ0) is 13.9. The number of carbonyl (C=O) groups excluding carboxylic acids is 1. The van der Waals surface area contributed by atoms with Crippen LogP contribution in [0.5, 0.6) is 0 Å². The van der Waals surface area contributed by atoms with Crippen molar-refractivity contribution in [2.24, 2.45) is 5.92 Å². The highest BCUT2D eigenvalue weighted by Gasteiger charge is 2.16. The summed E-state index contributed by atoms with van der Waals surface area (Å²) in [5.74, 6) is 0.813. The molecule has 0 N–H and O–H groups in total. The van der Waals surface area contributed by atoms with Crippen LogP contribution in [0.4, 0.5) is 0 Å². The van der Waals surface area contributed by atoms with Crippen molar-refractivity contribution in [3.05, 3.63) is 0 Å². The Morgan fingerprint density at radius 3 is 2.11 bits per heavy atom. The van der Waals surface area contributed by atoms with Crippen LogP contribution in [-0.4, -0.2) is 30.3 Å². The third kappa shape index (κ3) is 7.71. The Morgan fingerprint density at radius 2 is 1.63 bits per heavy atom. The molecule has 0 radical (unpaired) electrons. The molecule has 0 aromatic rings. The second kappa shape index (κ2) is 10.4. The average Bonchev–Trinajstić information content (AvgIpc) is 2.94. The van der Waals surface area contributed by atoms with E-state index in [0.717, 1.165) is 12.8 Å². The van der Waals surface area contributed by atoms with Crippen LogP contribution in [0.25, 0.3) is 0 Å². The van der Waals surface area contributed by atoms with E-state index < -0.39 is 0 Å². The Morgan fingerprint density at radius 1 is 1.00 bits per heavy atom. The number of unbranched alkanes of at least 4 members (excludes halogenated alkanes) is 2. The molecular formula is C17H33NO. The zero-order valence-corrected chi connectivity index (χ0v) is 13.1. The lowest BCUT2D eigenvalue weighted by molar-refractivity contribution is -0.121. The van der Waals surface area contributed by atoms with E-state index >= 15 is 0 Å². The molecule has 1 aliphatic carbocycles. The summed E-state index contributed by atoms with van der Waals surface area (Å²) < 4.78 is 0. The highest BCUT2D eigenvalue weighted by Crippen LogP contribution is 2.23. The molecule has 0 amide bonds. The maximum Gasteiger partial charge on any atom is 0.132 e. The molecule has 0 aromatic carbocycles. The number of hydrogen-bond donors (Lipinski definition) is 0. The SMILES string of the molecule is CC(=O)C1CCCCC1.CCCCCN1CCCC1. The minimum absolute atomic E-state index is 0.398. The molecule has 2 fully saturated rings. The molecule has 0 aromatic heterocycles. The molecule has 2 heteroatoms. The van der Waals surface area contributed by atoms with Crippen LogP contribution in [0, 0.1) is 5.92 Å². The minimum Gasteiger partial charge on any atom is -0.303 e. The van der Waals surface area contributed by atoms with Crippen LogP contribution in [0.2, 0.25) is 0 Å². The second-order valence-corrected chi connectivity index (χ2v) is 6.20. The number of hydrogen-bond acceptors (Lipinski definition) is 2. The van der Waals surface area contributed by atoms with E-state index in [-0.39, 0.29) is 0 Å². The molecule has 1 saturated heterocycles. The van der Waals surface area contributed by atoms with E-state index in [1.54, 1.807) is 6.92 Å². The maximum absolute atomic E-state index is 10.8. The van der Waals surface area contributed by atoms with E-state index in [2.05, 4.69) is 11.8 Å². The molecule has 1 saturated carbocycles. The Labute approximate surface area is 119 Å². The second-order valence-electron chi connectivity index (χ2n) is 6.20. The van der Waals surface area contributed by atoms with Crippen LogP contribution < -0.4 is 0 Å². The lowest BCUT2D eigenvalue weighted by atomic mass is 9.87. The quantitative estimate of drug-likeness (QED) is 0.687. The van der Waals surface area contributed by atoms with Gasteiger partial charge in [0.1, 0.15) is 5.78 Å². The fourth-order valence-electron chi connectivity index (χ4n) is 3.10. The lowest BCUT2D eigenvalue weighted by Gasteiger charge is -2.17. The summed E-state index contributed by atoms with van der Waals surface area (Å²) in [7, 11) is 0. The van der Waals surface area contributed by atoms with Crippen molar-refractivity contribution in [2.45, 2.75) is 78.1 Å². The molecule has 0 spiro atoms. The first-order valence-electron chi connectivity index (χ1n) is 8.47. The molecule has 2 aliphatic rings. The van der Waals surface area contributed by atoms with Crippen molar-refractivity contribution in [1.29, 1.82) is 0 Å². The van der Waals surface area contributed by atoms with Gasteiger partial charge in [0, 0.05) is 5.92 Å². The first-order chi connectivity index (χ1) is 9.24. The van der Waals surface area contributed by atoms with Gasteiger partial charge in [0.2, 0.25) is 0 Å². The van der Waals surface area contributed by atoms with Crippen molar-refractivity contribution in [2.75, 3.05) is 19.6 Å². The van der Waals surface area contributed by atoms with Crippen LogP contribution in [-0.2, 0) is 4.79 Å². The third-order valence-electron chi connectivity index (χ3n) is 4.46. The van der Waals surface area contributed by atoms with Gasteiger partial charge in [-0.2, -0.15) is 0 Å². The molecule has 0 bridgehead atoms.